The van der Waals surface area contributed by atoms with Crippen molar-refractivity contribution in [3.63, 3.8) is 0 Å². The molecule has 0 aliphatic heterocycles. The van der Waals surface area contributed by atoms with E-state index in [9.17, 15) is 9.90 Å². The van der Waals surface area contributed by atoms with Crippen LogP contribution in [0.3, 0.4) is 0 Å². The maximum Gasteiger partial charge on any atom is 0.266 e. The molecule has 1 amide bonds. The van der Waals surface area contributed by atoms with Gasteiger partial charge in [-0.1, -0.05) is 17.7 Å². The normalized spacial score (nSPS) is 12.1. The van der Waals surface area contributed by atoms with Crippen LogP contribution >= 0.6 is 12.2 Å². The molecule has 0 aliphatic carbocycles. The fourth-order valence-corrected chi connectivity index (χ4v) is 1.71. The molecule has 0 bridgehead atoms. The van der Waals surface area contributed by atoms with E-state index in [4.69, 9.17) is 16.6 Å². The van der Waals surface area contributed by atoms with E-state index < -0.39 is 6.10 Å². The van der Waals surface area contributed by atoms with Crippen molar-refractivity contribution < 1.29 is 14.3 Å². The van der Waals surface area contributed by atoms with Gasteiger partial charge in [0.05, 0.1) is 6.54 Å². The zero-order valence-electron chi connectivity index (χ0n) is 10.3. The van der Waals surface area contributed by atoms with E-state index in [1.807, 2.05) is 19.1 Å². The molecule has 1 unspecified atom stereocenters. The number of aliphatic hydroxyl groups is 1. The molecule has 0 saturated carbocycles. The van der Waals surface area contributed by atoms with Crippen LogP contribution in [-0.2, 0) is 0 Å². The number of aliphatic hydroxyl groups excluding tert-OH is 1. The van der Waals surface area contributed by atoms with E-state index in [2.05, 4.69) is 10.3 Å². The molecule has 0 radical (unpaired) electrons. The van der Waals surface area contributed by atoms with E-state index in [1.54, 1.807) is 12.1 Å². The topological polar surface area (TPSA) is 78.3 Å². The molecule has 0 aliphatic rings. The predicted molar refractivity (Wildman–Crippen MR) is 72.4 cm³/mol. The fourth-order valence-electron chi connectivity index (χ4n) is 1.56. The van der Waals surface area contributed by atoms with Crippen LogP contribution in [0.15, 0.2) is 34.9 Å². The first-order valence-corrected chi connectivity index (χ1v) is 6.18. The quantitative estimate of drug-likeness (QED) is 0.748. The summed E-state index contributed by atoms with van der Waals surface area (Å²) in [7, 11) is 0. The van der Waals surface area contributed by atoms with Gasteiger partial charge in [0.15, 0.2) is 5.76 Å². The molecule has 100 valence electrons. The number of nitrogens with one attached hydrogen (secondary N) is 2. The van der Waals surface area contributed by atoms with Crippen molar-refractivity contribution >= 4 is 18.1 Å². The maximum atomic E-state index is 11.8. The van der Waals surface area contributed by atoms with Gasteiger partial charge in [0, 0.05) is 11.8 Å². The van der Waals surface area contributed by atoms with Gasteiger partial charge in [0.2, 0.25) is 0 Å². The second-order valence-electron chi connectivity index (χ2n) is 4.17. The summed E-state index contributed by atoms with van der Waals surface area (Å²) in [6.45, 7) is 2.01. The number of oxazole rings is 1. The van der Waals surface area contributed by atoms with Crippen molar-refractivity contribution in [1.29, 1.82) is 0 Å². The van der Waals surface area contributed by atoms with Crippen LogP contribution in [0.5, 0.6) is 0 Å². The minimum absolute atomic E-state index is 0.0584. The second kappa shape index (κ2) is 5.81. The standard InChI is InChI=1S/C13H14N2O3S/c1-8-2-4-9(5-3-8)12(17)14-6-10(16)11-7-15-13(19)18-11/h2-5,7,10,16H,6H2,1H3,(H,14,17)(H,15,19). The summed E-state index contributed by atoms with van der Waals surface area (Å²) in [5.74, 6) is 0.0578. The van der Waals surface area contributed by atoms with E-state index in [0.717, 1.165) is 5.56 Å². The number of aromatic amines is 1. The number of hydrogen-bond acceptors (Lipinski definition) is 4. The van der Waals surface area contributed by atoms with Gasteiger partial charge in [-0.3, -0.25) is 4.79 Å². The van der Waals surface area contributed by atoms with E-state index in [-0.39, 0.29) is 17.3 Å². The highest BCUT2D eigenvalue weighted by atomic mass is 32.1. The van der Waals surface area contributed by atoms with Gasteiger partial charge in [0.25, 0.3) is 10.7 Å². The first-order valence-electron chi connectivity index (χ1n) is 5.77. The third kappa shape index (κ3) is 3.52. The van der Waals surface area contributed by atoms with Gasteiger partial charge < -0.3 is 19.8 Å². The van der Waals surface area contributed by atoms with E-state index >= 15 is 0 Å². The molecule has 1 heterocycles. The van der Waals surface area contributed by atoms with Crippen LogP contribution in [0.2, 0.25) is 0 Å². The lowest BCUT2D eigenvalue weighted by atomic mass is 10.1. The predicted octanol–water partition coefficient (Wildman–Crippen LogP) is 2.11. The summed E-state index contributed by atoms with van der Waals surface area (Å²) < 4.78 is 5.06. The number of amides is 1. The lowest BCUT2D eigenvalue weighted by Crippen LogP contribution is -2.28. The van der Waals surface area contributed by atoms with Crippen molar-refractivity contribution in [2.45, 2.75) is 13.0 Å². The first-order chi connectivity index (χ1) is 9.06. The number of hydrogen-bond donors (Lipinski definition) is 3. The van der Waals surface area contributed by atoms with Crippen molar-refractivity contribution in [3.8, 4) is 0 Å². The van der Waals surface area contributed by atoms with Crippen LogP contribution < -0.4 is 5.32 Å². The lowest BCUT2D eigenvalue weighted by Gasteiger charge is -2.09. The Morgan fingerprint density at radius 2 is 2.16 bits per heavy atom. The average molecular weight is 278 g/mol. The molecule has 1 aromatic carbocycles. The van der Waals surface area contributed by atoms with Crippen LogP contribution in [0.4, 0.5) is 0 Å². The molecule has 2 rings (SSSR count). The third-order valence-electron chi connectivity index (χ3n) is 2.64. The molecule has 0 spiro atoms. The number of benzene rings is 1. The Labute approximate surface area is 115 Å². The van der Waals surface area contributed by atoms with E-state index in [0.29, 0.717) is 11.3 Å². The Balaban J connectivity index is 1.93. The number of H-pyrrole nitrogens is 1. The summed E-state index contributed by atoms with van der Waals surface area (Å²) in [5, 5.41) is 12.4. The van der Waals surface area contributed by atoms with Gasteiger partial charge in [-0.2, -0.15) is 0 Å². The Bertz CT molecular complexity index is 615. The number of carbonyl (C=O) groups excluding carboxylic acids is 1. The monoisotopic (exact) mass is 278 g/mol. The van der Waals surface area contributed by atoms with Crippen LogP contribution in [0, 0.1) is 11.8 Å². The van der Waals surface area contributed by atoms with Gasteiger partial charge >= 0.3 is 0 Å². The average Bonchev–Trinajstić information content (AvgIpc) is 2.83. The number of aryl methyl sites for hydroxylation is 1. The van der Waals surface area contributed by atoms with Crippen molar-refractivity contribution in [2.24, 2.45) is 0 Å². The molecule has 3 N–H and O–H groups in total. The van der Waals surface area contributed by atoms with Crippen molar-refractivity contribution in [2.75, 3.05) is 6.54 Å². The van der Waals surface area contributed by atoms with Crippen LogP contribution in [-0.4, -0.2) is 22.5 Å². The fraction of sp³-hybridized carbons (Fsp3) is 0.231. The molecule has 2 aromatic rings. The zero-order chi connectivity index (χ0) is 13.8. The highest BCUT2D eigenvalue weighted by molar-refractivity contribution is 7.71. The molecule has 5 nitrogen and oxygen atoms in total. The van der Waals surface area contributed by atoms with Crippen molar-refractivity contribution in [1.82, 2.24) is 10.3 Å². The van der Waals surface area contributed by atoms with Crippen LogP contribution in [0.1, 0.15) is 27.8 Å². The van der Waals surface area contributed by atoms with Gasteiger partial charge in [-0.05, 0) is 31.3 Å². The largest absolute Gasteiger partial charge is 0.432 e. The van der Waals surface area contributed by atoms with E-state index in [1.165, 1.54) is 6.20 Å². The Hall–Kier alpha value is -1.92. The Morgan fingerprint density at radius 1 is 1.47 bits per heavy atom. The molecule has 0 fully saturated rings. The number of aromatic nitrogens is 1. The molecular formula is C13H14N2O3S. The summed E-state index contributed by atoms with van der Waals surface area (Å²) >= 11 is 4.76. The third-order valence-corrected chi connectivity index (χ3v) is 2.84. The van der Waals surface area contributed by atoms with Gasteiger partial charge in [-0.25, -0.2) is 0 Å². The Morgan fingerprint density at radius 3 is 2.74 bits per heavy atom. The molecule has 1 aromatic heterocycles. The summed E-state index contributed by atoms with van der Waals surface area (Å²) in [6.07, 6.45) is 0.549. The van der Waals surface area contributed by atoms with Gasteiger partial charge in [0.1, 0.15) is 6.10 Å². The highest BCUT2D eigenvalue weighted by Gasteiger charge is 2.13. The molecule has 19 heavy (non-hydrogen) atoms. The zero-order valence-corrected chi connectivity index (χ0v) is 11.2. The van der Waals surface area contributed by atoms with Crippen molar-refractivity contribution in [3.05, 3.63) is 52.2 Å². The lowest BCUT2D eigenvalue weighted by molar-refractivity contribution is 0.0900. The van der Waals surface area contributed by atoms with Crippen LogP contribution in [0.25, 0.3) is 0 Å². The SMILES string of the molecule is Cc1ccc(C(=O)NCC(O)c2c[nH]c(=S)o2)cc1. The minimum Gasteiger partial charge on any atom is -0.432 e. The summed E-state index contributed by atoms with van der Waals surface area (Å²) in [5.41, 5.74) is 1.63. The minimum atomic E-state index is -0.928. The molecule has 1 atom stereocenters. The number of rotatable bonds is 4. The molecule has 0 saturated heterocycles. The smallest absolute Gasteiger partial charge is 0.266 e. The number of carbonyl (C=O) groups is 1. The first kappa shape index (κ1) is 13.5. The maximum absolute atomic E-state index is 11.8. The molecule has 6 heteroatoms. The highest BCUT2D eigenvalue weighted by Crippen LogP contribution is 2.11. The summed E-state index contributed by atoms with van der Waals surface area (Å²) in [6, 6.07) is 7.19. The molecular weight excluding hydrogens is 264 g/mol. The Kier molecular flexibility index (Phi) is 4.13. The summed E-state index contributed by atoms with van der Waals surface area (Å²) in [4.78, 5) is 14.7. The second-order valence-corrected chi connectivity index (χ2v) is 4.54. The van der Waals surface area contributed by atoms with Gasteiger partial charge in [-0.15, -0.1) is 0 Å².